The summed E-state index contributed by atoms with van der Waals surface area (Å²) in [6, 6.07) is 14.2. The molecular weight excluding hydrogens is 476 g/mol. The Kier molecular flexibility index (Phi) is 10.8. The van der Waals surface area contributed by atoms with Crippen molar-refractivity contribution in [2.45, 2.75) is 39.7 Å². The van der Waals surface area contributed by atoms with Crippen molar-refractivity contribution in [3.8, 4) is 11.1 Å². The zero-order valence-electron chi connectivity index (χ0n) is 22.7. The van der Waals surface area contributed by atoms with Crippen LogP contribution < -0.4 is 11.3 Å². The van der Waals surface area contributed by atoms with Crippen LogP contribution in [0.2, 0.25) is 0 Å². The van der Waals surface area contributed by atoms with Gasteiger partial charge < -0.3 is 15.2 Å². The second kappa shape index (κ2) is 14.0. The summed E-state index contributed by atoms with van der Waals surface area (Å²) < 4.78 is 1.78. The highest BCUT2D eigenvalue weighted by molar-refractivity contribution is 7.98. The van der Waals surface area contributed by atoms with Gasteiger partial charge in [0.25, 0.3) is 5.56 Å². The lowest BCUT2D eigenvalue weighted by atomic mass is 9.99. The van der Waals surface area contributed by atoms with E-state index >= 15 is 0 Å². The summed E-state index contributed by atoms with van der Waals surface area (Å²) in [5.41, 5.74) is 11.0. The number of aliphatic imine (C=N–C) groups is 1. The van der Waals surface area contributed by atoms with E-state index in [0.29, 0.717) is 18.8 Å². The van der Waals surface area contributed by atoms with E-state index in [9.17, 15) is 4.79 Å². The van der Waals surface area contributed by atoms with Crippen molar-refractivity contribution in [2.75, 3.05) is 32.1 Å². The first-order chi connectivity index (χ1) is 17.9. The van der Waals surface area contributed by atoms with Crippen LogP contribution in [0.15, 0.2) is 76.7 Å². The van der Waals surface area contributed by atoms with Gasteiger partial charge in [0.2, 0.25) is 0 Å². The molecule has 0 amide bonds. The predicted octanol–water partition coefficient (Wildman–Crippen LogP) is 6.73. The first kappa shape index (κ1) is 28.5. The molecule has 37 heavy (non-hydrogen) atoms. The van der Waals surface area contributed by atoms with Crippen LogP contribution in [-0.4, -0.2) is 47.4 Å². The number of nitrogens with two attached hydrogens (primary N) is 1. The minimum atomic E-state index is 0.0500. The Bertz CT molecular complexity index is 1330. The zero-order valence-corrected chi connectivity index (χ0v) is 23.5. The number of rotatable bonds is 9. The average Bonchev–Trinajstić information content (AvgIpc) is 3.06. The Morgan fingerprint density at radius 2 is 1.81 bits per heavy atom. The highest BCUT2D eigenvalue weighted by Gasteiger charge is 2.11. The summed E-state index contributed by atoms with van der Waals surface area (Å²) in [5, 5.41) is 1.69. The smallest absolute Gasteiger partial charge is 0.258 e. The normalized spacial score (nSPS) is 12.8. The van der Waals surface area contributed by atoms with Crippen LogP contribution in [0.25, 0.3) is 28.0 Å². The van der Waals surface area contributed by atoms with Crippen LogP contribution in [0.3, 0.4) is 0 Å². The van der Waals surface area contributed by atoms with Crippen molar-refractivity contribution in [2.24, 2.45) is 10.7 Å². The summed E-state index contributed by atoms with van der Waals surface area (Å²) in [6.07, 6.45) is 11.0. The van der Waals surface area contributed by atoms with Gasteiger partial charge in [0.05, 0.1) is 5.69 Å². The number of aryl methyl sites for hydroxylation is 1. The molecule has 2 N–H and O–H groups in total. The van der Waals surface area contributed by atoms with Gasteiger partial charge in [-0.05, 0) is 85.6 Å². The number of pyridine rings is 1. The van der Waals surface area contributed by atoms with E-state index in [4.69, 9.17) is 5.73 Å². The maximum atomic E-state index is 12.9. The molecule has 1 aliphatic heterocycles. The quantitative estimate of drug-likeness (QED) is 0.342. The fraction of sp³-hybridized carbons (Fsp3) is 0.355. The van der Waals surface area contributed by atoms with Crippen molar-refractivity contribution >= 4 is 40.1 Å². The predicted molar refractivity (Wildman–Crippen MR) is 164 cm³/mol. The van der Waals surface area contributed by atoms with Gasteiger partial charge in [0.15, 0.2) is 0 Å². The SMILES string of the molecule is C=CC1=Cc2ccc(-c3ccc4ccn(CCSC)c(=O)c4c3)cc2N=C(N)C1.CCCN(C)CCC. The number of hydrogen-bond acceptors (Lipinski definition) is 5. The summed E-state index contributed by atoms with van der Waals surface area (Å²) in [6.45, 7) is 11.5. The summed E-state index contributed by atoms with van der Waals surface area (Å²) in [5.74, 6) is 1.48. The van der Waals surface area contributed by atoms with Gasteiger partial charge >= 0.3 is 0 Å². The van der Waals surface area contributed by atoms with Crippen molar-refractivity contribution in [1.82, 2.24) is 9.47 Å². The molecule has 0 saturated carbocycles. The first-order valence-electron chi connectivity index (χ1n) is 13.0. The van der Waals surface area contributed by atoms with E-state index in [2.05, 4.69) is 49.5 Å². The fourth-order valence-electron chi connectivity index (χ4n) is 4.43. The number of benzene rings is 2. The largest absolute Gasteiger partial charge is 0.387 e. The number of aromatic nitrogens is 1. The third-order valence-corrected chi connectivity index (χ3v) is 6.93. The third-order valence-electron chi connectivity index (χ3n) is 6.34. The maximum Gasteiger partial charge on any atom is 0.258 e. The average molecular weight is 517 g/mol. The van der Waals surface area contributed by atoms with Gasteiger partial charge in [-0.25, -0.2) is 4.99 Å². The molecule has 4 rings (SSSR count). The number of hydrogen-bond donors (Lipinski definition) is 1. The standard InChI is InChI=1S/C24H23N3OS.C7H17N/c1-3-16-12-20-7-6-19(15-22(20)26-23(25)13-16)18-5-4-17-8-9-27(10-11-29-2)24(28)21(17)14-18;1-4-6-8(3)7-5-2/h3-9,12,14-15H,1,10-11,13H2,2H3,(H2,25,26);4-7H2,1-3H3. The zero-order chi connectivity index (χ0) is 26.8. The summed E-state index contributed by atoms with van der Waals surface area (Å²) in [4.78, 5) is 19.8. The molecule has 1 aromatic heterocycles. The second-order valence-electron chi connectivity index (χ2n) is 9.39. The Balaban J connectivity index is 0.000000414. The van der Waals surface area contributed by atoms with Gasteiger partial charge in [-0.3, -0.25) is 4.79 Å². The maximum absolute atomic E-state index is 12.9. The number of allylic oxidation sites excluding steroid dienone is 1. The number of thioether (sulfide) groups is 1. The molecule has 0 bridgehead atoms. The van der Waals surface area contributed by atoms with Crippen LogP contribution in [0.5, 0.6) is 0 Å². The second-order valence-corrected chi connectivity index (χ2v) is 10.4. The lowest BCUT2D eigenvalue weighted by Gasteiger charge is -2.12. The molecule has 0 radical (unpaired) electrons. The van der Waals surface area contributed by atoms with Crippen molar-refractivity contribution in [1.29, 1.82) is 0 Å². The third kappa shape index (κ3) is 7.70. The van der Waals surface area contributed by atoms with Crippen LogP contribution in [0.1, 0.15) is 38.7 Å². The first-order valence-corrected chi connectivity index (χ1v) is 14.4. The van der Waals surface area contributed by atoms with Crippen molar-refractivity contribution in [3.63, 3.8) is 0 Å². The topological polar surface area (TPSA) is 63.6 Å². The van der Waals surface area contributed by atoms with Gasteiger partial charge in [0, 0.05) is 35.9 Å². The summed E-state index contributed by atoms with van der Waals surface area (Å²) >= 11 is 1.73. The Labute approximate surface area is 225 Å². The van der Waals surface area contributed by atoms with Crippen molar-refractivity contribution in [3.05, 3.63) is 82.8 Å². The molecule has 0 spiro atoms. The van der Waals surface area contributed by atoms with E-state index in [1.165, 1.54) is 25.9 Å². The molecule has 6 heteroatoms. The molecule has 0 saturated heterocycles. The van der Waals surface area contributed by atoms with Crippen molar-refractivity contribution < 1.29 is 0 Å². The molecule has 2 aromatic carbocycles. The fourth-order valence-corrected chi connectivity index (χ4v) is 4.81. The molecule has 1 aliphatic rings. The van der Waals surface area contributed by atoms with Gasteiger partial charge in [-0.1, -0.05) is 50.8 Å². The number of fused-ring (bicyclic) bond motifs is 2. The molecule has 0 aliphatic carbocycles. The van der Waals surface area contributed by atoms with Crippen LogP contribution >= 0.6 is 11.8 Å². The molecule has 196 valence electrons. The molecule has 0 atom stereocenters. The molecule has 0 fully saturated rings. The molecule has 5 nitrogen and oxygen atoms in total. The highest BCUT2D eigenvalue weighted by atomic mass is 32.2. The Hall–Kier alpha value is -3.09. The summed E-state index contributed by atoms with van der Waals surface area (Å²) in [7, 11) is 2.17. The van der Waals surface area contributed by atoms with Crippen LogP contribution in [0.4, 0.5) is 5.69 Å². The Morgan fingerprint density at radius 1 is 1.11 bits per heavy atom. The van der Waals surface area contributed by atoms with Gasteiger partial charge in [0.1, 0.15) is 5.84 Å². The Morgan fingerprint density at radius 3 is 2.49 bits per heavy atom. The lowest BCUT2D eigenvalue weighted by molar-refractivity contribution is 0.335. The van der Waals surface area contributed by atoms with Gasteiger partial charge in [-0.15, -0.1) is 0 Å². The minimum Gasteiger partial charge on any atom is -0.387 e. The van der Waals surface area contributed by atoms with E-state index in [-0.39, 0.29) is 5.56 Å². The molecular formula is C31H40N4OS. The molecule has 0 unspecified atom stereocenters. The van der Waals surface area contributed by atoms with E-state index < -0.39 is 0 Å². The highest BCUT2D eigenvalue weighted by Crippen LogP contribution is 2.32. The van der Waals surface area contributed by atoms with E-state index in [1.54, 1.807) is 16.3 Å². The van der Waals surface area contributed by atoms with E-state index in [1.807, 2.05) is 54.9 Å². The van der Waals surface area contributed by atoms with Crippen LogP contribution in [-0.2, 0) is 6.54 Å². The number of nitrogens with zero attached hydrogens (tertiary/aromatic N) is 3. The minimum absolute atomic E-state index is 0.0500. The van der Waals surface area contributed by atoms with Crippen LogP contribution in [0, 0.1) is 0 Å². The van der Waals surface area contributed by atoms with Gasteiger partial charge in [-0.2, -0.15) is 11.8 Å². The molecule has 2 heterocycles. The number of amidine groups is 1. The molecule has 3 aromatic rings. The lowest BCUT2D eigenvalue weighted by Crippen LogP contribution is -2.20. The monoisotopic (exact) mass is 516 g/mol. The van der Waals surface area contributed by atoms with E-state index in [0.717, 1.165) is 44.5 Å².